The molecule has 1 aromatic heterocycles. The smallest absolute Gasteiger partial charge is 0.271 e. The average Bonchev–Trinajstić information content (AvgIpc) is 3.22. The normalized spacial score (nSPS) is 13.7. The first kappa shape index (κ1) is 13.2. The monoisotopic (exact) mass is 264 g/mol. The molecular weight excluding hydrogens is 248 g/mol. The summed E-state index contributed by atoms with van der Waals surface area (Å²) in [6.45, 7) is 0.263. The SMILES string of the molecule is NNc1cncc(C(=O)NCCC(=O)NC2CC2)n1. The highest BCUT2D eigenvalue weighted by Gasteiger charge is 2.22. The number of hydrazine groups is 1. The molecule has 0 radical (unpaired) electrons. The molecule has 8 heteroatoms. The third-order valence-electron chi connectivity index (χ3n) is 2.60. The summed E-state index contributed by atoms with van der Waals surface area (Å²) in [6, 6.07) is 0.335. The lowest BCUT2D eigenvalue weighted by Gasteiger charge is -2.06. The highest BCUT2D eigenvalue weighted by Crippen LogP contribution is 2.18. The minimum atomic E-state index is -0.385. The van der Waals surface area contributed by atoms with Crippen molar-refractivity contribution in [3.8, 4) is 0 Å². The van der Waals surface area contributed by atoms with E-state index in [0.717, 1.165) is 12.8 Å². The molecule has 2 amide bonds. The topological polar surface area (TPSA) is 122 Å². The van der Waals surface area contributed by atoms with Crippen molar-refractivity contribution in [3.05, 3.63) is 18.1 Å². The third-order valence-corrected chi connectivity index (χ3v) is 2.60. The number of hydrogen-bond acceptors (Lipinski definition) is 6. The molecule has 0 saturated heterocycles. The number of anilines is 1. The fraction of sp³-hybridized carbons (Fsp3) is 0.455. The van der Waals surface area contributed by atoms with Crippen LogP contribution in [0, 0.1) is 0 Å². The Kier molecular flexibility index (Phi) is 4.24. The maximum Gasteiger partial charge on any atom is 0.271 e. The number of nitrogens with one attached hydrogen (secondary N) is 3. The Morgan fingerprint density at radius 3 is 2.84 bits per heavy atom. The van der Waals surface area contributed by atoms with Gasteiger partial charge in [0.05, 0.1) is 12.4 Å². The molecule has 0 aromatic carbocycles. The van der Waals surface area contributed by atoms with E-state index in [1.807, 2.05) is 0 Å². The van der Waals surface area contributed by atoms with Crippen LogP contribution >= 0.6 is 0 Å². The van der Waals surface area contributed by atoms with Crippen molar-refractivity contribution in [1.29, 1.82) is 0 Å². The number of carbonyl (C=O) groups is 2. The summed E-state index contributed by atoms with van der Waals surface area (Å²) in [5, 5.41) is 5.44. The summed E-state index contributed by atoms with van der Waals surface area (Å²) in [5.74, 6) is 5.04. The molecule has 1 heterocycles. The van der Waals surface area contributed by atoms with Crippen molar-refractivity contribution in [1.82, 2.24) is 20.6 Å². The van der Waals surface area contributed by atoms with E-state index in [0.29, 0.717) is 11.9 Å². The van der Waals surface area contributed by atoms with Crippen LogP contribution in [0.4, 0.5) is 5.82 Å². The van der Waals surface area contributed by atoms with E-state index < -0.39 is 0 Å². The van der Waals surface area contributed by atoms with Gasteiger partial charge in [0.1, 0.15) is 5.69 Å². The van der Waals surface area contributed by atoms with Crippen LogP contribution in [0.2, 0.25) is 0 Å². The van der Waals surface area contributed by atoms with E-state index in [4.69, 9.17) is 5.84 Å². The Morgan fingerprint density at radius 2 is 2.16 bits per heavy atom. The second-order valence-corrected chi connectivity index (χ2v) is 4.28. The second kappa shape index (κ2) is 6.10. The Morgan fingerprint density at radius 1 is 1.37 bits per heavy atom. The third kappa shape index (κ3) is 4.18. The number of nitrogens with two attached hydrogens (primary N) is 1. The second-order valence-electron chi connectivity index (χ2n) is 4.28. The van der Waals surface area contributed by atoms with Crippen molar-refractivity contribution in [2.24, 2.45) is 5.84 Å². The maximum atomic E-state index is 11.7. The van der Waals surface area contributed by atoms with Gasteiger partial charge in [-0.15, -0.1) is 0 Å². The van der Waals surface area contributed by atoms with Crippen LogP contribution < -0.4 is 21.9 Å². The predicted molar refractivity (Wildman–Crippen MR) is 68.0 cm³/mol. The molecule has 8 nitrogen and oxygen atoms in total. The summed E-state index contributed by atoms with van der Waals surface area (Å²) in [4.78, 5) is 30.9. The van der Waals surface area contributed by atoms with Gasteiger partial charge in [0.25, 0.3) is 5.91 Å². The van der Waals surface area contributed by atoms with Crippen LogP contribution in [0.3, 0.4) is 0 Å². The summed E-state index contributed by atoms with van der Waals surface area (Å²) < 4.78 is 0. The molecular formula is C11H16N6O2. The molecule has 1 aromatic rings. The van der Waals surface area contributed by atoms with E-state index in [1.165, 1.54) is 12.4 Å². The lowest BCUT2D eigenvalue weighted by atomic mass is 10.3. The van der Waals surface area contributed by atoms with Crippen LogP contribution in [0.25, 0.3) is 0 Å². The maximum absolute atomic E-state index is 11.7. The van der Waals surface area contributed by atoms with Gasteiger partial charge in [-0.1, -0.05) is 0 Å². The number of nitrogen functional groups attached to an aromatic ring is 1. The molecule has 1 fully saturated rings. The van der Waals surface area contributed by atoms with Gasteiger partial charge in [0, 0.05) is 19.0 Å². The summed E-state index contributed by atoms with van der Waals surface area (Å²) in [6.07, 6.45) is 5.09. The number of hydrogen-bond donors (Lipinski definition) is 4. The van der Waals surface area contributed by atoms with Crippen molar-refractivity contribution < 1.29 is 9.59 Å². The van der Waals surface area contributed by atoms with E-state index in [-0.39, 0.29) is 30.5 Å². The minimum absolute atomic E-state index is 0.0498. The van der Waals surface area contributed by atoms with Gasteiger partial charge >= 0.3 is 0 Å². The van der Waals surface area contributed by atoms with E-state index >= 15 is 0 Å². The van der Waals surface area contributed by atoms with Gasteiger partial charge in [-0.25, -0.2) is 10.8 Å². The van der Waals surface area contributed by atoms with Gasteiger partial charge in [0.15, 0.2) is 5.82 Å². The molecule has 102 valence electrons. The minimum Gasteiger partial charge on any atom is -0.353 e. The van der Waals surface area contributed by atoms with Crippen LogP contribution in [-0.4, -0.2) is 34.4 Å². The Bertz CT molecular complexity index is 474. The van der Waals surface area contributed by atoms with E-state index in [2.05, 4.69) is 26.0 Å². The average molecular weight is 264 g/mol. The quantitative estimate of drug-likeness (QED) is 0.392. The van der Waals surface area contributed by atoms with Gasteiger partial charge in [-0.2, -0.15) is 0 Å². The summed E-state index contributed by atoms with van der Waals surface area (Å²) >= 11 is 0. The first-order valence-electron chi connectivity index (χ1n) is 6.05. The lowest BCUT2D eigenvalue weighted by molar-refractivity contribution is -0.121. The van der Waals surface area contributed by atoms with Crippen LogP contribution in [0.15, 0.2) is 12.4 Å². The molecule has 0 spiro atoms. The zero-order valence-electron chi connectivity index (χ0n) is 10.3. The fourth-order valence-electron chi connectivity index (χ4n) is 1.45. The molecule has 1 aliphatic carbocycles. The molecule has 1 aliphatic rings. The van der Waals surface area contributed by atoms with Crippen LogP contribution in [0.1, 0.15) is 29.8 Å². The van der Waals surface area contributed by atoms with Crippen molar-refractivity contribution in [2.75, 3.05) is 12.0 Å². The number of aromatic nitrogens is 2. The highest BCUT2D eigenvalue weighted by molar-refractivity contribution is 5.92. The van der Waals surface area contributed by atoms with Crippen LogP contribution in [-0.2, 0) is 4.79 Å². The van der Waals surface area contributed by atoms with Gasteiger partial charge in [0.2, 0.25) is 5.91 Å². The molecule has 0 bridgehead atoms. The Hall–Kier alpha value is -2.22. The van der Waals surface area contributed by atoms with Gasteiger partial charge in [-0.05, 0) is 12.8 Å². The molecule has 0 unspecified atom stereocenters. The van der Waals surface area contributed by atoms with E-state index in [9.17, 15) is 9.59 Å². The van der Waals surface area contributed by atoms with Crippen molar-refractivity contribution in [3.63, 3.8) is 0 Å². The number of nitrogens with zero attached hydrogens (tertiary/aromatic N) is 2. The molecule has 5 N–H and O–H groups in total. The number of amides is 2. The highest BCUT2D eigenvalue weighted by atomic mass is 16.2. The molecule has 19 heavy (non-hydrogen) atoms. The molecule has 2 rings (SSSR count). The zero-order chi connectivity index (χ0) is 13.7. The number of carbonyl (C=O) groups excluding carboxylic acids is 2. The molecule has 0 atom stereocenters. The summed E-state index contributed by atoms with van der Waals surface area (Å²) in [5.41, 5.74) is 2.46. The first-order valence-corrected chi connectivity index (χ1v) is 6.05. The first-order chi connectivity index (χ1) is 9.19. The van der Waals surface area contributed by atoms with Crippen LogP contribution in [0.5, 0.6) is 0 Å². The lowest BCUT2D eigenvalue weighted by Crippen LogP contribution is -2.32. The van der Waals surface area contributed by atoms with Gasteiger partial charge in [-0.3, -0.25) is 14.6 Å². The van der Waals surface area contributed by atoms with E-state index in [1.54, 1.807) is 0 Å². The zero-order valence-corrected chi connectivity index (χ0v) is 10.3. The molecule has 1 saturated carbocycles. The van der Waals surface area contributed by atoms with Gasteiger partial charge < -0.3 is 16.1 Å². The van der Waals surface area contributed by atoms with Crippen molar-refractivity contribution >= 4 is 17.6 Å². The molecule has 0 aliphatic heterocycles. The standard InChI is InChI=1S/C11H16N6O2/c12-17-9-6-13-5-8(16-9)11(19)14-4-3-10(18)15-7-1-2-7/h5-7H,1-4,12H2,(H,14,19)(H,15,18)(H,16,17). The van der Waals surface area contributed by atoms with Crippen molar-refractivity contribution in [2.45, 2.75) is 25.3 Å². The predicted octanol–water partition coefficient (Wildman–Crippen LogP) is -0.839. The largest absolute Gasteiger partial charge is 0.353 e. The summed E-state index contributed by atoms with van der Waals surface area (Å²) in [7, 11) is 0. The Labute approximate surface area is 110 Å². The Balaban J connectivity index is 1.75. The number of rotatable bonds is 6. The fourth-order valence-corrected chi connectivity index (χ4v) is 1.45.